The number of hydrogen-bond donors (Lipinski definition) is 0. The second kappa shape index (κ2) is 3.98. The van der Waals surface area contributed by atoms with E-state index in [2.05, 4.69) is 0 Å². The normalized spacial score (nSPS) is 10.4. The summed E-state index contributed by atoms with van der Waals surface area (Å²) in [7, 11) is 1.54. The van der Waals surface area contributed by atoms with Crippen molar-refractivity contribution in [1.82, 2.24) is 9.13 Å². The molecule has 2 rings (SSSR count). The highest BCUT2D eigenvalue weighted by atomic mass is 35.5. The number of aryl methyl sites for hydroxylation is 1. The summed E-state index contributed by atoms with van der Waals surface area (Å²) in [4.78, 5) is 23.1. The van der Waals surface area contributed by atoms with Crippen LogP contribution in [-0.4, -0.2) is 9.13 Å². The first-order valence-electron chi connectivity index (χ1n) is 4.64. The summed E-state index contributed by atoms with van der Waals surface area (Å²) >= 11 is 5.74. The molecule has 0 aliphatic rings. The second-order valence-electron chi connectivity index (χ2n) is 3.37. The van der Waals surface area contributed by atoms with E-state index in [4.69, 9.17) is 11.6 Å². The maximum Gasteiger partial charge on any atom is 0.320 e. The van der Waals surface area contributed by atoms with Gasteiger partial charge in [0.05, 0.1) is 0 Å². The number of nitrogens with zero attached hydrogens (tertiary/aromatic N) is 2. The van der Waals surface area contributed by atoms with Crippen molar-refractivity contribution in [2.45, 2.75) is 0 Å². The van der Waals surface area contributed by atoms with Crippen molar-refractivity contribution in [3.05, 3.63) is 62.4 Å². The van der Waals surface area contributed by atoms with E-state index in [1.165, 1.54) is 16.2 Å². The third kappa shape index (κ3) is 1.79. The van der Waals surface area contributed by atoms with E-state index < -0.39 is 11.1 Å². The van der Waals surface area contributed by atoms with Crippen LogP contribution in [0.3, 0.4) is 0 Å². The van der Waals surface area contributed by atoms with Crippen LogP contribution in [0.15, 0.2) is 46.2 Å². The SMILES string of the molecule is Cn1ccn(-c2ccc(Cl)cc2)c(=O)c1=O. The monoisotopic (exact) mass is 236 g/mol. The van der Waals surface area contributed by atoms with Gasteiger partial charge in [0.2, 0.25) is 0 Å². The van der Waals surface area contributed by atoms with Gasteiger partial charge in [-0.2, -0.15) is 0 Å². The van der Waals surface area contributed by atoms with Gasteiger partial charge in [-0.3, -0.25) is 14.2 Å². The van der Waals surface area contributed by atoms with Gasteiger partial charge in [0, 0.05) is 30.2 Å². The average Bonchev–Trinajstić information content (AvgIpc) is 2.28. The molecule has 0 N–H and O–H groups in total. The van der Waals surface area contributed by atoms with Gasteiger partial charge in [0.15, 0.2) is 0 Å². The minimum atomic E-state index is -0.577. The largest absolute Gasteiger partial charge is 0.320 e. The minimum Gasteiger partial charge on any atom is -0.312 e. The second-order valence-corrected chi connectivity index (χ2v) is 3.80. The number of halogens is 1. The Kier molecular flexibility index (Phi) is 2.66. The third-order valence-electron chi connectivity index (χ3n) is 2.27. The summed E-state index contributed by atoms with van der Waals surface area (Å²) in [5, 5.41) is 0.584. The Labute approximate surface area is 96.3 Å². The van der Waals surface area contributed by atoms with Crippen LogP contribution in [0.4, 0.5) is 0 Å². The maximum absolute atomic E-state index is 11.7. The molecule has 0 amide bonds. The van der Waals surface area contributed by atoms with Crippen LogP contribution < -0.4 is 11.1 Å². The van der Waals surface area contributed by atoms with Crippen molar-refractivity contribution >= 4 is 11.6 Å². The van der Waals surface area contributed by atoms with E-state index in [-0.39, 0.29) is 0 Å². The molecule has 0 atom stereocenters. The molecule has 1 heterocycles. The van der Waals surface area contributed by atoms with Crippen LogP contribution in [0.5, 0.6) is 0 Å². The van der Waals surface area contributed by atoms with E-state index in [9.17, 15) is 9.59 Å². The van der Waals surface area contributed by atoms with Crippen LogP contribution in [-0.2, 0) is 7.05 Å². The van der Waals surface area contributed by atoms with E-state index in [1.807, 2.05) is 0 Å². The fourth-order valence-corrected chi connectivity index (χ4v) is 1.49. The molecular formula is C11H9ClN2O2. The number of rotatable bonds is 1. The molecule has 0 aliphatic carbocycles. The topological polar surface area (TPSA) is 44.0 Å². The van der Waals surface area contributed by atoms with E-state index in [0.717, 1.165) is 0 Å². The summed E-state index contributed by atoms with van der Waals surface area (Å²) in [5.74, 6) is 0. The van der Waals surface area contributed by atoms with Gasteiger partial charge in [0.25, 0.3) is 0 Å². The van der Waals surface area contributed by atoms with Crippen LogP contribution in [0.25, 0.3) is 5.69 Å². The molecule has 2 aromatic rings. The van der Waals surface area contributed by atoms with Crippen molar-refractivity contribution in [3.8, 4) is 5.69 Å². The Morgan fingerprint density at radius 1 is 1.00 bits per heavy atom. The Hall–Kier alpha value is -1.81. The van der Waals surface area contributed by atoms with Crippen LogP contribution in [0, 0.1) is 0 Å². The number of hydrogen-bond acceptors (Lipinski definition) is 2. The number of aromatic nitrogens is 2. The van der Waals surface area contributed by atoms with Gasteiger partial charge in [-0.15, -0.1) is 0 Å². The average molecular weight is 237 g/mol. The van der Waals surface area contributed by atoms with E-state index >= 15 is 0 Å². The number of benzene rings is 1. The van der Waals surface area contributed by atoms with Gasteiger partial charge < -0.3 is 4.57 Å². The van der Waals surface area contributed by atoms with E-state index in [0.29, 0.717) is 10.7 Å². The fourth-order valence-electron chi connectivity index (χ4n) is 1.36. The molecular weight excluding hydrogens is 228 g/mol. The lowest BCUT2D eigenvalue weighted by molar-refractivity contribution is 0.787. The zero-order chi connectivity index (χ0) is 11.7. The third-order valence-corrected chi connectivity index (χ3v) is 2.52. The molecule has 0 fully saturated rings. The summed E-state index contributed by atoms with van der Waals surface area (Å²) < 4.78 is 2.54. The minimum absolute atomic E-state index is 0.558. The molecule has 1 aromatic carbocycles. The Morgan fingerprint density at radius 3 is 2.25 bits per heavy atom. The van der Waals surface area contributed by atoms with Crippen molar-refractivity contribution in [1.29, 1.82) is 0 Å². The molecule has 0 saturated heterocycles. The van der Waals surface area contributed by atoms with Gasteiger partial charge in [-0.25, -0.2) is 0 Å². The molecule has 0 spiro atoms. The molecule has 0 saturated carbocycles. The summed E-state index contributed by atoms with van der Waals surface area (Å²) in [5.41, 5.74) is -0.517. The quantitative estimate of drug-likeness (QED) is 0.698. The highest BCUT2D eigenvalue weighted by Gasteiger charge is 2.03. The van der Waals surface area contributed by atoms with Crippen LogP contribution in [0.1, 0.15) is 0 Å². The highest BCUT2D eigenvalue weighted by molar-refractivity contribution is 6.30. The molecule has 0 bridgehead atoms. The molecule has 5 heteroatoms. The highest BCUT2D eigenvalue weighted by Crippen LogP contribution is 2.11. The van der Waals surface area contributed by atoms with Crippen LogP contribution in [0.2, 0.25) is 5.02 Å². The zero-order valence-corrected chi connectivity index (χ0v) is 9.31. The predicted molar refractivity (Wildman–Crippen MR) is 62.3 cm³/mol. The smallest absolute Gasteiger partial charge is 0.312 e. The molecule has 16 heavy (non-hydrogen) atoms. The van der Waals surface area contributed by atoms with Crippen molar-refractivity contribution in [2.24, 2.45) is 7.05 Å². The van der Waals surface area contributed by atoms with Crippen LogP contribution >= 0.6 is 11.6 Å². The lowest BCUT2D eigenvalue weighted by Gasteiger charge is -2.05. The predicted octanol–water partition coefficient (Wildman–Crippen LogP) is 1.19. The molecule has 1 aromatic heterocycles. The molecule has 0 radical (unpaired) electrons. The summed E-state index contributed by atoms with van der Waals surface area (Å²) in [6.45, 7) is 0. The first kappa shape index (κ1) is 10.7. The van der Waals surface area contributed by atoms with Gasteiger partial charge in [-0.05, 0) is 24.3 Å². The van der Waals surface area contributed by atoms with Crippen molar-refractivity contribution in [3.63, 3.8) is 0 Å². The van der Waals surface area contributed by atoms with E-state index in [1.54, 1.807) is 36.7 Å². The molecule has 82 valence electrons. The Balaban J connectivity index is 2.66. The van der Waals surface area contributed by atoms with Gasteiger partial charge in [-0.1, -0.05) is 11.6 Å². The Morgan fingerprint density at radius 2 is 1.62 bits per heavy atom. The fraction of sp³-hybridized carbons (Fsp3) is 0.0909. The van der Waals surface area contributed by atoms with Crippen molar-refractivity contribution in [2.75, 3.05) is 0 Å². The lowest BCUT2D eigenvalue weighted by atomic mass is 10.3. The summed E-state index contributed by atoms with van der Waals surface area (Å²) in [6.07, 6.45) is 3.09. The maximum atomic E-state index is 11.7. The summed E-state index contributed by atoms with van der Waals surface area (Å²) in [6, 6.07) is 6.70. The molecule has 4 nitrogen and oxygen atoms in total. The van der Waals surface area contributed by atoms with Gasteiger partial charge >= 0.3 is 11.1 Å². The zero-order valence-electron chi connectivity index (χ0n) is 8.55. The molecule has 0 unspecified atom stereocenters. The van der Waals surface area contributed by atoms with Gasteiger partial charge in [0.1, 0.15) is 0 Å². The first-order valence-corrected chi connectivity index (χ1v) is 5.01. The lowest BCUT2D eigenvalue weighted by Crippen LogP contribution is -2.38. The molecule has 0 aliphatic heterocycles. The van der Waals surface area contributed by atoms with Crippen molar-refractivity contribution < 1.29 is 0 Å². The first-order chi connectivity index (χ1) is 7.59. The Bertz CT molecular complexity index is 626. The standard InChI is InChI=1S/C11H9ClN2O2/c1-13-6-7-14(11(16)10(13)15)9-4-2-8(12)3-5-9/h2-7H,1H3.